The van der Waals surface area contributed by atoms with Crippen LogP contribution in [0.3, 0.4) is 0 Å². The molecule has 2 aromatic carbocycles. The third-order valence-corrected chi connectivity index (χ3v) is 4.08. The Morgan fingerprint density at radius 1 is 1.04 bits per heavy atom. The summed E-state index contributed by atoms with van der Waals surface area (Å²) >= 11 is 0. The summed E-state index contributed by atoms with van der Waals surface area (Å²) in [5.41, 5.74) is 4.51. The van der Waals surface area contributed by atoms with Crippen molar-refractivity contribution >= 4 is 11.7 Å². The predicted molar refractivity (Wildman–Crippen MR) is 102 cm³/mol. The molecule has 0 unspecified atom stereocenters. The summed E-state index contributed by atoms with van der Waals surface area (Å²) in [4.78, 5) is 21.2. The van der Waals surface area contributed by atoms with Crippen LogP contribution in [0.1, 0.15) is 16.8 Å². The zero-order chi connectivity index (χ0) is 18.5. The maximum atomic E-state index is 12.3. The number of aromatic nitrogens is 2. The zero-order valence-corrected chi connectivity index (χ0v) is 15.1. The van der Waals surface area contributed by atoms with E-state index in [4.69, 9.17) is 4.74 Å². The van der Waals surface area contributed by atoms with Crippen LogP contribution < -0.4 is 10.1 Å². The number of benzene rings is 2. The number of anilines is 1. The molecule has 3 rings (SSSR count). The minimum Gasteiger partial charge on any atom is -0.497 e. The molecule has 132 valence electrons. The minimum atomic E-state index is -0.108. The molecule has 0 saturated carbocycles. The maximum absolute atomic E-state index is 12.3. The van der Waals surface area contributed by atoms with Gasteiger partial charge < -0.3 is 10.1 Å². The fraction of sp³-hybridized carbons (Fsp3) is 0.190. The highest BCUT2D eigenvalue weighted by Gasteiger charge is 2.10. The molecule has 1 amide bonds. The average molecular weight is 347 g/mol. The van der Waals surface area contributed by atoms with Gasteiger partial charge in [-0.2, -0.15) is 0 Å². The lowest BCUT2D eigenvalue weighted by Gasteiger charge is -2.09. The smallest absolute Gasteiger partial charge is 0.229 e. The van der Waals surface area contributed by atoms with Crippen molar-refractivity contribution in [2.75, 3.05) is 12.4 Å². The van der Waals surface area contributed by atoms with Crippen LogP contribution in [0.25, 0.3) is 11.3 Å². The average Bonchev–Trinajstić information content (AvgIpc) is 2.65. The highest BCUT2D eigenvalue weighted by molar-refractivity contribution is 5.91. The number of aryl methyl sites for hydroxylation is 2. The third kappa shape index (κ3) is 4.25. The Kier molecular flexibility index (Phi) is 5.27. The van der Waals surface area contributed by atoms with Gasteiger partial charge in [-0.1, -0.05) is 29.8 Å². The summed E-state index contributed by atoms with van der Waals surface area (Å²) in [5.74, 6) is 1.17. The van der Waals surface area contributed by atoms with Crippen molar-refractivity contribution in [1.29, 1.82) is 0 Å². The number of amides is 1. The van der Waals surface area contributed by atoms with Gasteiger partial charge in [0.25, 0.3) is 0 Å². The van der Waals surface area contributed by atoms with Gasteiger partial charge in [-0.05, 0) is 43.7 Å². The van der Waals surface area contributed by atoms with E-state index in [0.717, 1.165) is 22.6 Å². The van der Waals surface area contributed by atoms with Crippen LogP contribution in [0.4, 0.5) is 5.82 Å². The molecule has 0 radical (unpaired) electrons. The standard InChI is InChI=1S/C21H21N3O2/c1-14-4-6-16(7-5-14)12-20(25)24-21-15(2)23-19(13-22-21)17-8-10-18(26-3)11-9-17/h4-11,13H,12H2,1-3H3,(H,22,24,25). The Bertz CT molecular complexity index is 904. The van der Waals surface area contributed by atoms with E-state index in [1.54, 1.807) is 13.3 Å². The largest absolute Gasteiger partial charge is 0.497 e. The van der Waals surface area contributed by atoms with Crippen molar-refractivity contribution in [2.45, 2.75) is 20.3 Å². The highest BCUT2D eigenvalue weighted by Crippen LogP contribution is 2.22. The van der Waals surface area contributed by atoms with Gasteiger partial charge in [-0.25, -0.2) is 9.97 Å². The molecule has 3 aromatic rings. The minimum absolute atomic E-state index is 0.108. The first-order valence-electron chi connectivity index (χ1n) is 8.38. The van der Waals surface area contributed by atoms with Crippen molar-refractivity contribution < 1.29 is 9.53 Å². The number of ether oxygens (including phenoxy) is 1. The van der Waals surface area contributed by atoms with Gasteiger partial charge in [-0.3, -0.25) is 4.79 Å². The molecule has 0 spiro atoms. The Hall–Kier alpha value is -3.21. The van der Waals surface area contributed by atoms with Gasteiger partial charge in [-0.15, -0.1) is 0 Å². The van der Waals surface area contributed by atoms with E-state index in [0.29, 0.717) is 17.9 Å². The molecule has 0 aliphatic heterocycles. The van der Waals surface area contributed by atoms with Crippen molar-refractivity contribution in [1.82, 2.24) is 9.97 Å². The lowest BCUT2D eigenvalue weighted by molar-refractivity contribution is -0.115. The molecule has 0 bridgehead atoms. The summed E-state index contributed by atoms with van der Waals surface area (Å²) < 4.78 is 5.16. The first kappa shape index (κ1) is 17.6. The molecular formula is C21H21N3O2. The second kappa shape index (κ2) is 7.78. The lowest BCUT2D eigenvalue weighted by Crippen LogP contribution is -2.16. The lowest BCUT2D eigenvalue weighted by atomic mass is 10.1. The molecule has 1 N–H and O–H groups in total. The predicted octanol–water partition coefficient (Wildman–Crippen LogP) is 3.95. The molecule has 5 heteroatoms. The van der Waals surface area contributed by atoms with Crippen LogP contribution in [-0.4, -0.2) is 23.0 Å². The van der Waals surface area contributed by atoms with Crippen LogP contribution in [0, 0.1) is 13.8 Å². The number of carbonyl (C=O) groups excluding carboxylic acids is 1. The van der Waals surface area contributed by atoms with E-state index in [9.17, 15) is 4.79 Å². The van der Waals surface area contributed by atoms with E-state index >= 15 is 0 Å². The Balaban J connectivity index is 1.70. The highest BCUT2D eigenvalue weighted by atomic mass is 16.5. The van der Waals surface area contributed by atoms with Gasteiger partial charge in [0.05, 0.1) is 31.1 Å². The molecule has 1 aromatic heterocycles. The van der Waals surface area contributed by atoms with Crippen LogP contribution in [0.2, 0.25) is 0 Å². The Morgan fingerprint density at radius 3 is 2.35 bits per heavy atom. The number of hydrogen-bond acceptors (Lipinski definition) is 4. The zero-order valence-electron chi connectivity index (χ0n) is 15.1. The van der Waals surface area contributed by atoms with Crippen molar-refractivity contribution in [3.63, 3.8) is 0 Å². The Labute approximate surface area is 153 Å². The second-order valence-corrected chi connectivity index (χ2v) is 6.13. The van der Waals surface area contributed by atoms with Crippen molar-refractivity contribution in [3.8, 4) is 17.0 Å². The molecule has 5 nitrogen and oxygen atoms in total. The summed E-state index contributed by atoms with van der Waals surface area (Å²) in [6, 6.07) is 15.5. The first-order valence-corrected chi connectivity index (χ1v) is 8.38. The van der Waals surface area contributed by atoms with Crippen LogP contribution in [-0.2, 0) is 11.2 Å². The van der Waals surface area contributed by atoms with Crippen molar-refractivity contribution in [2.24, 2.45) is 0 Å². The number of rotatable bonds is 5. The third-order valence-electron chi connectivity index (χ3n) is 4.08. The molecule has 0 fully saturated rings. The molecular weight excluding hydrogens is 326 g/mol. The van der Waals surface area contributed by atoms with Crippen molar-refractivity contribution in [3.05, 3.63) is 71.5 Å². The summed E-state index contributed by atoms with van der Waals surface area (Å²) in [6.07, 6.45) is 1.97. The molecule has 0 aliphatic carbocycles. The fourth-order valence-electron chi connectivity index (χ4n) is 2.57. The quantitative estimate of drug-likeness (QED) is 0.759. The van der Waals surface area contributed by atoms with E-state index < -0.39 is 0 Å². The first-order chi connectivity index (χ1) is 12.5. The molecule has 1 heterocycles. The van der Waals surface area contributed by atoms with Crippen LogP contribution in [0.15, 0.2) is 54.7 Å². The van der Waals surface area contributed by atoms with E-state index in [1.807, 2.05) is 62.4 Å². The number of methoxy groups -OCH3 is 1. The fourth-order valence-corrected chi connectivity index (χ4v) is 2.57. The summed E-state index contributed by atoms with van der Waals surface area (Å²) in [7, 11) is 1.63. The number of hydrogen-bond donors (Lipinski definition) is 1. The molecule has 26 heavy (non-hydrogen) atoms. The van der Waals surface area contributed by atoms with Gasteiger partial charge in [0, 0.05) is 5.56 Å². The maximum Gasteiger partial charge on any atom is 0.229 e. The molecule has 0 saturated heterocycles. The number of nitrogens with one attached hydrogen (secondary N) is 1. The molecule has 0 atom stereocenters. The van der Waals surface area contributed by atoms with E-state index in [1.165, 1.54) is 5.56 Å². The van der Waals surface area contributed by atoms with Gasteiger partial charge in [0.2, 0.25) is 5.91 Å². The molecule has 0 aliphatic rings. The normalized spacial score (nSPS) is 10.4. The Morgan fingerprint density at radius 2 is 1.73 bits per heavy atom. The summed E-state index contributed by atoms with van der Waals surface area (Å²) in [6.45, 7) is 3.86. The van der Waals surface area contributed by atoms with Gasteiger partial charge in [0.1, 0.15) is 5.75 Å². The number of carbonyl (C=O) groups is 1. The SMILES string of the molecule is COc1ccc(-c2cnc(NC(=O)Cc3ccc(C)cc3)c(C)n2)cc1. The van der Waals surface area contributed by atoms with Crippen LogP contribution in [0.5, 0.6) is 5.75 Å². The van der Waals surface area contributed by atoms with Gasteiger partial charge >= 0.3 is 0 Å². The number of nitrogens with zero attached hydrogens (tertiary/aromatic N) is 2. The van der Waals surface area contributed by atoms with E-state index in [2.05, 4.69) is 15.3 Å². The van der Waals surface area contributed by atoms with E-state index in [-0.39, 0.29) is 5.91 Å². The second-order valence-electron chi connectivity index (χ2n) is 6.13. The summed E-state index contributed by atoms with van der Waals surface area (Å²) in [5, 5.41) is 2.84. The van der Waals surface area contributed by atoms with Gasteiger partial charge in [0.15, 0.2) is 5.82 Å². The van der Waals surface area contributed by atoms with Crippen LogP contribution >= 0.6 is 0 Å². The topological polar surface area (TPSA) is 64.1 Å². The monoisotopic (exact) mass is 347 g/mol.